The highest BCUT2D eigenvalue weighted by Crippen LogP contribution is 2.70. The van der Waals surface area contributed by atoms with Crippen LogP contribution in [0.25, 0.3) is 10.9 Å². The third-order valence-corrected chi connectivity index (χ3v) is 7.42. The van der Waals surface area contributed by atoms with Gasteiger partial charge in [-0.3, -0.25) is 4.79 Å². The number of fused-ring (bicyclic) bond motifs is 1. The zero-order valence-corrected chi connectivity index (χ0v) is 17.3. The van der Waals surface area contributed by atoms with Crippen LogP contribution in [0.15, 0.2) is 48.7 Å². The van der Waals surface area contributed by atoms with Crippen molar-refractivity contribution in [1.29, 1.82) is 0 Å². The standard InChI is InChI=1S/C25H23F3N2O2/c26-25(27,28)16-3-1-14(2-4-16)15-9-18(10-15)32-17-5-6-21-19(11-17)22(13-29-21)30-23(31)20-12-24(20)7-8-24/h1-6,11,13,15,18,20,29H,7-10,12H2,(H,30,31). The van der Waals surface area contributed by atoms with Gasteiger partial charge in [0.2, 0.25) is 5.91 Å². The van der Waals surface area contributed by atoms with E-state index in [0.717, 1.165) is 59.3 Å². The zero-order chi connectivity index (χ0) is 22.1. The van der Waals surface area contributed by atoms with Crippen LogP contribution in [0.1, 0.15) is 49.1 Å². The van der Waals surface area contributed by atoms with E-state index in [-0.39, 0.29) is 23.8 Å². The van der Waals surface area contributed by atoms with Gasteiger partial charge in [0.15, 0.2) is 0 Å². The average molecular weight is 440 g/mol. The minimum atomic E-state index is -4.31. The van der Waals surface area contributed by atoms with E-state index in [4.69, 9.17) is 4.74 Å². The number of benzene rings is 2. The summed E-state index contributed by atoms with van der Waals surface area (Å²) in [5.74, 6) is 1.20. The Hall–Kier alpha value is -2.96. The lowest BCUT2D eigenvalue weighted by Crippen LogP contribution is -2.32. The first-order valence-electron chi connectivity index (χ1n) is 11.1. The molecule has 6 rings (SSSR count). The van der Waals surface area contributed by atoms with Crippen LogP contribution in [-0.2, 0) is 11.0 Å². The van der Waals surface area contributed by atoms with Crippen LogP contribution < -0.4 is 10.1 Å². The molecule has 1 aromatic heterocycles. The topological polar surface area (TPSA) is 54.1 Å². The predicted molar refractivity (Wildman–Crippen MR) is 115 cm³/mol. The Morgan fingerprint density at radius 2 is 1.84 bits per heavy atom. The van der Waals surface area contributed by atoms with E-state index >= 15 is 0 Å². The Morgan fingerprint density at radius 1 is 1.09 bits per heavy atom. The molecule has 0 bridgehead atoms. The van der Waals surface area contributed by atoms with Gasteiger partial charge in [0, 0.05) is 23.0 Å². The van der Waals surface area contributed by atoms with Crippen molar-refractivity contribution in [3.05, 3.63) is 59.8 Å². The smallest absolute Gasteiger partial charge is 0.416 e. The van der Waals surface area contributed by atoms with Gasteiger partial charge in [-0.2, -0.15) is 13.2 Å². The summed E-state index contributed by atoms with van der Waals surface area (Å²) < 4.78 is 44.3. The van der Waals surface area contributed by atoms with Crippen LogP contribution in [0.3, 0.4) is 0 Å². The summed E-state index contributed by atoms with van der Waals surface area (Å²) in [5, 5.41) is 3.99. The summed E-state index contributed by atoms with van der Waals surface area (Å²) in [6, 6.07) is 11.2. The second-order valence-corrected chi connectivity index (χ2v) is 9.55. The summed E-state index contributed by atoms with van der Waals surface area (Å²) in [7, 11) is 0. The van der Waals surface area contributed by atoms with E-state index < -0.39 is 11.7 Å². The van der Waals surface area contributed by atoms with Gasteiger partial charge in [0.05, 0.1) is 17.4 Å². The third kappa shape index (κ3) is 3.44. The molecule has 3 aliphatic carbocycles. The number of carbonyl (C=O) groups excluding carboxylic acids is 1. The number of amides is 1. The number of alkyl halides is 3. The molecule has 0 aliphatic heterocycles. The molecule has 32 heavy (non-hydrogen) atoms. The highest BCUT2D eigenvalue weighted by molar-refractivity contribution is 6.04. The molecule has 0 saturated heterocycles. The van der Waals surface area contributed by atoms with Gasteiger partial charge in [-0.15, -0.1) is 0 Å². The summed E-state index contributed by atoms with van der Waals surface area (Å²) >= 11 is 0. The predicted octanol–water partition coefficient (Wildman–Crippen LogP) is 6.25. The maximum absolute atomic E-state index is 12.7. The summed E-state index contributed by atoms with van der Waals surface area (Å²) in [4.78, 5) is 15.7. The SMILES string of the molecule is O=C(Nc1c[nH]c2ccc(OC3CC(c4ccc(C(F)(F)F)cc4)C3)cc12)C1CC12CC2. The number of nitrogens with one attached hydrogen (secondary N) is 2. The molecule has 3 aromatic rings. The Bertz CT molecular complexity index is 1190. The van der Waals surface area contributed by atoms with Crippen LogP contribution in [0.5, 0.6) is 5.75 Å². The van der Waals surface area contributed by atoms with Crippen molar-refractivity contribution >= 4 is 22.5 Å². The molecule has 1 unspecified atom stereocenters. The summed E-state index contributed by atoms with van der Waals surface area (Å²) in [6.07, 6.45) is 2.43. The first-order valence-corrected chi connectivity index (χ1v) is 11.1. The Labute approximate surface area is 183 Å². The molecule has 4 nitrogen and oxygen atoms in total. The lowest BCUT2D eigenvalue weighted by molar-refractivity contribution is -0.137. The molecule has 2 aromatic carbocycles. The van der Waals surface area contributed by atoms with E-state index in [2.05, 4.69) is 10.3 Å². The van der Waals surface area contributed by atoms with Gasteiger partial charge >= 0.3 is 6.18 Å². The van der Waals surface area contributed by atoms with E-state index in [0.29, 0.717) is 5.41 Å². The van der Waals surface area contributed by atoms with Crippen LogP contribution in [-0.4, -0.2) is 17.0 Å². The third-order valence-electron chi connectivity index (χ3n) is 7.42. The molecule has 1 spiro atoms. The number of halogens is 3. The molecule has 166 valence electrons. The average Bonchev–Trinajstić information content (AvgIpc) is 3.64. The number of hydrogen-bond acceptors (Lipinski definition) is 2. The number of ether oxygens (including phenoxy) is 1. The highest BCUT2D eigenvalue weighted by Gasteiger charge is 2.65. The van der Waals surface area contributed by atoms with Crippen LogP contribution in [0.4, 0.5) is 18.9 Å². The fourth-order valence-corrected chi connectivity index (χ4v) is 5.00. The van der Waals surface area contributed by atoms with Crippen molar-refractivity contribution in [3.63, 3.8) is 0 Å². The molecule has 7 heteroatoms. The molecule has 1 amide bonds. The summed E-state index contributed by atoms with van der Waals surface area (Å²) in [5.41, 5.74) is 2.32. The highest BCUT2D eigenvalue weighted by atomic mass is 19.4. The van der Waals surface area contributed by atoms with Crippen molar-refractivity contribution in [3.8, 4) is 5.75 Å². The van der Waals surface area contributed by atoms with Crippen molar-refractivity contribution in [2.24, 2.45) is 11.3 Å². The minimum Gasteiger partial charge on any atom is -0.490 e. The zero-order valence-electron chi connectivity index (χ0n) is 17.3. The number of aromatic amines is 1. The molecule has 0 radical (unpaired) electrons. The van der Waals surface area contributed by atoms with Gasteiger partial charge in [-0.1, -0.05) is 12.1 Å². The number of carbonyl (C=O) groups is 1. The summed E-state index contributed by atoms with van der Waals surface area (Å²) in [6.45, 7) is 0. The second-order valence-electron chi connectivity index (χ2n) is 9.55. The van der Waals surface area contributed by atoms with Gasteiger partial charge in [-0.25, -0.2) is 0 Å². The van der Waals surface area contributed by atoms with Gasteiger partial charge in [-0.05, 0) is 79.3 Å². The molecular formula is C25H23F3N2O2. The number of anilines is 1. The van der Waals surface area contributed by atoms with E-state index in [1.165, 1.54) is 12.8 Å². The second kappa shape index (κ2) is 6.77. The van der Waals surface area contributed by atoms with Gasteiger partial charge in [0.25, 0.3) is 0 Å². The number of rotatable bonds is 5. The lowest BCUT2D eigenvalue weighted by Gasteiger charge is -2.35. The minimum absolute atomic E-state index is 0.0258. The largest absolute Gasteiger partial charge is 0.490 e. The fourth-order valence-electron chi connectivity index (χ4n) is 5.00. The first kappa shape index (κ1) is 19.7. The van der Waals surface area contributed by atoms with Crippen molar-refractivity contribution < 1.29 is 22.7 Å². The maximum atomic E-state index is 12.7. The number of hydrogen-bond donors (Lipinski definition) is 2. The molecule has 1 heterocycles. The van der Waals surface area contributed by atoms with Crippen LogP contribution in [0.2, 0.25) is 0 Å². The molecule has 3 fully saturated rings. The van der Waals surface area contributed by atoms with Crippen molar-refractivity contribution in [2.75, 3.05) is 5.32 Å². The monoisotopic (exact) mass is 440 g/mol. The number of aromatic nitrogens is 1. The lowest BCUT2D eigenvalue weighted by atomic mass is 9.77. The van der Waals surface area contributed by atoms with Crippen LogP contribution in [0, 0.1) is 11.3 Å². The molecule has 3 saturated carbocycles. The fraction of sp³-hybridized carbons (Fsp3) is 0.400. The van der Waals surface area contributed by atoms with E-state index in [1.807, 2.05) is 24.4 Å². The maximum Gasteiger partial charge on any atom is 0.416 e. The van der Waals surface area contributed by atoms with E-state index in [9.17, 15) is 18.0 Å². The first-order chi connectivity index (χ1) is 15.3. The van der Waals surface area contributed by atoms with Crippen molar-refractivity contribution in [2.45, 2.75) is 50.3 Å². The molecule has 3 aliphatic rings. The Kier molecular flexibility index (Phi) is 4.17. The van der Waals surface area contributed by atoms with Gasteiger partial charge < -0.3 is 15.0 Å². The molecule has 1 atom stereocenters. The molecule has 2 N–H and O–H groups in total. The quantitative estimate of drug-likeness (QED) is 0.493. The van der Waals surface area contributed by atoms with Crippen LogP contribution >= 0.6 is 0 Å². The Morgan fingerprint density at radius 3 is 2.50 bits per heavy atom. The number of H-pyrrole nitrogens is 1. The molecular weight excluding hydrogens is 417 g/mol. The van der Waals surface area contributed by atoms with Crippen molar-refractivity contribution in [1.82, 2.24) is 4.98 Å². The Balaban J connectivity index is 1.09. The normalized spacial score (nSPS) is 25.4. The van der Waals surface area contributed by atoms with E-state index in [1.54, 1.807) is 12.1 Å². The van der Waals surface area contributed by atoms with Gasteiger partial charge in [0.1, 0.15) is 5.75 Å².